The van der Waals surface area contributed by atoms with Crippen LogP contribution >= 0.6 is 11.6 Å². The number of ether oxygens (including phenoxy) is 1. The Bertz CT molecular complexity index is 1140. The van der Waals surface area contributed by atoms with Crippen LogP contribution in [-0.2, 0) is 26.2 Å². The Morgan fingerprint density at radius 1 is 1.17 bits per heavy atom. The van der Waals surface area contributed by atoms with E-state index in [2.05, 4.69) is 5.32 Å². The molecule has 0 aliphatic rings. The van der Waals surface area contributed by atoms with Gasteiger partial charge in [0.25, 0.3) is 0 Å². The molecular formula is C25H34ClN3O5S. The van der Waals surface area contributed by atoms with Crippen molar-refractivity contribution in [2.75, 3.05) is 31.3 Å². The van der Waals surface area contributed by atoms with Crippen LogP contribution in [0.5, 0.6) is 5.75 Å². The van der Waals surface area contributed by atoms with Crippen LogP contribution in [-0.4, -0.2) is 58.1 Å². The van der Waals surface area contributed by atoms with Crippen molar-refractivity contribution < 1.29 is 22.7 Å². The van der Waals surface area contributed by atoms with Crippen LogP contribution in [0.2, 0.25) is 5.02 Å². The highest BCUT2D eigenvalue weighted by atomic mass is 35.5. The van der Waals surface area contributed by atoms with Gasteiger partial charge in [-0.2, -0.15) is 0 Å². The number of hydrogen-bond donors (Lipinski definition) is 1. The van der Waals surface area contributed by atoms with E-state index in [0.717, 1.165) is 11.8 Å². The number of likely N-dealkylation sites (N-methyl/N-ethyl adjacent to an activating group) is 1. The maximum Gasteiger partial charge on any atom is 0.242 e. The third-order valence-corrected chi connectivity index (χ3v) is 7.37. The second-order valence-corrected chi connectivity index (χ2v) is 10.5. The molecule has 0 spiro atoms. The van der Waals surface area contributed by atoms with Crippen molar-refractivity contribution in [2.45, 2.75) is 45.7 Å². The molecule has 1 atom stereocenters. The first-order valence-electron chi connectivity index (χ1n) is 11.4. The fourth-order valence-corrected chi connectivity index (χ4v) is 5.09. The summed E-state index contributed by atoms with van der Waals surface area (Å²) >= 11 is 6.20. The monoisotopic (exact) mass is 523 g/mol. The van der Waals surface area contributed by atoms with Crippen molar-refractivity contribution in [2.24, 2.45) is 0 Å². The molecule has 0 radical (unpaired) electrons. The number of nitrogens with one attached hydrogen (secondary N) is 1. The number of methoxy groups -OCH3 is 1. The molecule has 2 aromatic carbocycles. The van der Waals surface area contributed by atoms with Crippen molar-refractivity contribution in [3.05, 3.63) is 58.6 Å². The lowest BCUT2D eigenvalue weighted by molar-refractivity contribution is -0.141. The molecular weight excluding hydrogens is 490 g/mol. The van der Waals surface area contributed by atoms with E-state index in [1.807, 2.05) is 31.2 Å². The average molecular weight is 524 g/mol. The van der Waals surface area contributed by atoms with Gasteiger partial charge in [-0.3, -0.25) is 13.9 Å². The number of rotatable bonds is 12. The molecule has 0 aromatic heterocycles. The van der Waals surface area contributed by atoms with Crippen molar-refractivity contribution >= 4 is 39.1 Å². The molecule has 0 saturated heterocycles. The minimum atomic E-state index is -3.60. The standard InChI is InChI=1S/C25H34ClN3O5S/c1-6-22(25(31)27-3)28(17-19-10-7-11-20(16-19)34-4)24(30)14-9-15-29(35(5,32)33)23-13-8-12-21(26)18(23)2/h7-8,10-13,16,22H,6,9,14-15,17H2,1-5H3,(H,27,31)/t22-/m1/s1. The van der Waals surface area contributed by atoms with E-state index in [1.54, 1.807) is 37.1 Å². The number of nitrogens with zero attached hydrogens (tertiary/aromatic N) is 2. The summed E-state index contributed by atoms with van der Waals surface area (Å²) in [6.45, 7) is 3.94. The first-order chi connectivity index (χ1) is 16.5. The van der Waals surface area contributed by atoms with E-state index in [1.165, 1.54) is 11.4 Å². The summed E-state index contributed by atoms with van der Waals surface area (Å²) in [5, 5.41) is 3.10. The molecule has 1 N–H and O–H groups in total. The summed E-state index contributed by atoms with van der Waals surface area (Å²) in [5.41, 5.74) is 1.96. The van der Waals surface area contributed by atoms with E-state index in [9.17, 15) is 18.0 Å². The van der Waals surface area contributed by atoms with Crippen LogP contribution in [0.4, 0.5) is 5.69 Å². The minimum Gasteiger partial charge on any atom is -0.497 e. The van der Waals surface area contributed by atoms with Gasteiger partial charge >= 0.3 is 0 Å². The molecule has 0 heterocycles. The number of benzene rings is 2. The Labute approximate surface area is 213 Å². The van der Waals surface area contributed by atoms with E-state index >= 15 is 0 Å². The van der Waals surface area contributed by atoms with Crippen LogP contribution in [0, 0.1) is 6.92 Å². The van der Waals surface area contributed by atoms with E-state index in [0.29, 0.717) is 28.4 Å². The number of hydrogen-bond acceptors (Lipinski definition) is 5. The Kier molecular flexibility index (Phi) is 10.4. The van der Waals surface area contributed by atoms with Crippen molar-refractivity contribution in [1.29, 1.82) is 0 Å². The average Bonchev–Trinajstić information content (AvgIpc) is 2.82. The summed E-state index contributed by atoms with van der Waals surface area (Å²) in [4.78, 5) is 27.4. The van der Waals surface area contributed by atoms with Crippen LogP contribution in [0.1, 0.15) is 37.3 Å². The summed E-state index contributed by atoms with van der Waals surface area (Å²) < 4.78 is 31.6. The zero-order valence-corrected chi connectivity index (χ0v) is 22.4. The lowest BCUT2D eigenvalue weighted by Gasteiger charge is -2.31. The fraction of sp³-hybridized carbons (Fsp3) is 0.440. The van der Waals surface area contributed by atoms with Gasteiger partial charge in [0.05, 0.1) is 19.1 Å². The van der Waals surface area contributed by atoms with Crippen LogP contribution in [0.3, 0.4) is 0 Å². The van der Waals surface area contributed by atoms with Gasteiger partial charge in [-0.15, -0.1) is 0 Å². The smallest absolute Gasteiger partial charge is 0.242 e. The van der Waals surface area contributed by atoms with E-state index in [-0.39, 0.29) is 37.7 Å². The molecule has 2 rings (SSSR count). The van der Waals surface area contributed by atoms with E-state index in [4.69, 9.17) is 16.3 Å². The molecule has 0 aliphatic heterocycles. The topological polar surface area (TPSA) is 96.0 Å². The Hall–Kier alpha value is -2.78. The Morgan fingerprint density at radius 3 is 2.46 bits per heavy atom. The van der Waals surface area contributed by atoms with Crippen molar-refractivity contribution in [3.63, 3.8) is 0 Å². The predicted octanol–water partition coefficient (Wildman–Crippen LogP) is 3.76. The van der Waals surface area contributed by atoms with Gasteiger partial charge in [0, 0.05) is 31.6 Å². The van der Waals surface area contributed by atoms with Crippen molar-refractivity contribution in [1.82, 2.24) is 10.2 Å². The quantitative estimate of drug-likeness (QED) is 0.457. The normalized spacial score (nSPS) is 12.1. The third kappa shape index (κ3) is 7.60. The molecule has 192 valence electrons. The third-order valence-electron chi connectivity index (χ3n) is 5.78. The maximum absolute atomic E-state index is 13.3. The number of anilines is 1. The molecule has 0 unspecified atom stereocenters. The summed E-state index contributed by atoms with van der Waals surface area (Å²) in [6, 6.07) is 11.8. The molecule has 8 nitrogen and oxygen atoms in total. The number of carbonyl (C=O) groups excluding carboxylic acids is 2. The number of carbonyl (C=O) groups is 2. The Morgan fingerprint density at radius 2 is 1.86 bits per heavy atom. The molecule has 0 aliphatic carbocycles. The Balaban J connectivity index is 2.24. The highest BCUT2D eigenvalue weighted by Crippen LogP contribution is 2.28. The van der Waals surface area contributed by atoms with Crippen LogP contribution in [0.25, 0.3) is 0 Å². The molecule has 0 bridgehead atoms. The van der Waals surface area contributed by atoms with Gasteiger partial charge in [0.1, 0.15) is 11.8 Å². The zero-order chi connectivity index (χ0) is 26.2. The predicted molar refractivity (Wildman–Crippen MR) is 139 cm³/mol. The van der Waals surface area contributed by atoms with E-state index < -0.39 is 16.1 Å². The highest BCUT2D eigenvalue weighted by Gasteiger charge is 2.28. The first kappa shape index (κ1) is 28.5. The van der Waals surface area contributed by atoms with Gasteiger partial charge in [-0.05, 0) is 55.2 Å². The largest absolute Gasteiger partial charge is 0.497 e. The fourth-order valence-electron chi connectivity index (χ4n) is 3.90. The molecule has 35 heavy (non-hydrogen) atoms. The van der Waals surface area contributed by atoms with Gasteiger partial charge in [0.15, 0.2) is 0 Å². The molecule has 0 fully saturated rings. The lowest BCUT2D eigenvalue weighted by Crippen LogP contribution is -2.48. The van der Waals surface area contributed by atoms with Gasteiger partial charge < -0.3 is 15.0 Å². The van der Waals surface area contributed by atoms with Crippen LogP contribution in [0.15, 0.2) is 42.5 Å². The molecule has 2 amide bonds. The number of sulfonamides is 1. The molecule has 0 saturated carbocycles. The van der Waals surface area contributed by atoms with Crippen molar-refractivity contribution in [3.8, 4) is 5.75 Å². The second kappa shape index (κ2) is 12.8. The molecule has 2 aromatic rings. The number of amides is 2. The summed E-state index contributed by atoms with van der Waals surface area (Å²) in [6.07, 6.45) is 1.91. The van der Waals surface area contributed by atoms with Gasteiger partial charge in [-0.1, -0.05) is 36.7 Å². The molecule has 10 heteroatoms. The van der Waals surface area contributed by atoms with Gasteiger partial charge in [0.2, 0.25) is 21.8 Å². The first-order valence-corrected chi connectivity index (χ1v) is 13.6. The summed E-state index contributed by atoms with van der Waals surface area (Å²) in [5.74, 6) is 0.166. The number of halogens is 1. The highest BCUT2D eigenvalue weighted by molar-refractivity contribution is 7.92. The minimum absolute atomic E-state index is 0.0725. The lowest BCUT2D eigenvalue weighted by atomic mass is 10.1. The van der Waals surface area contributed by atoms with Crippen LogP contribution < -0.4 is 14.4 Å². The maximum atomic E-state index is 13.3. The van der Waals surface area contributed by atoms with Gasteiger partial charge in [-0.25, -0.2) is 8.42 Å². The SMILES string of the molecule is CC[C@H](C(=O)NC)N(Cc1cccc(OC)c1)C(=O)CCCN(c1cccc(Cl)c1C)S(C)(=O)=O. The zero-order valence-electron chi connectivity index (χ0n) is 20.9. The second-order valence-electron chi connectivity index (χ2n) is 8.23. The summed E-state index contributed by atoms with van der Waals surface area (Å²) in [7, 11) is -0.494.